The van der Waals surface area contributed by atoms with Crippen LogP contribution in [0.4, 0.5) is 4.39 Å². The highest BCUT2D eigenvalue weighted by Gasteiger charge is 2.42. The molecule has 0 radical (unpaired) electrons. The summed E-state index contributed by atoms with van der Waals surface area (Å²) in [5.41, 5.74) is 0.603. The molecule has 3 rings (SSSR count). The minimum Gasteiger partial charge on any atom is -0.359 e. The van der Waals surface area contributed by atoms with Crippen molar-refractivity contribution in [1.29, 1.82) is 0 Å². The van der Waals surface area contributed by atoms with E-state index in [0.717, 1.165) is 38.3 Å². The fourth-order valence-electron chi connectivity index (χ4n) is 3.71. The zero-order valence-electron chi connectivity index (χ0n) is 15.7. The molecule has 27 heavy (non-hydrogen) atoms. The normalized spacial score (nSPS) is 22.8. The van der Waals surface area contributed by atoms with Gasteiger partial charge in [-0.15, -0.1) is 24.0 Å². The summed E-state index contributed by atoms with van der Waals surface area (Å²) in [6, 6.07) is 4.99. The van der Waals surface area contributed by atoms with Gasteiger partial charge in [-0.25, -0.2) is 4.39 Å². The van der Waals surface area contributed by atoms with Gasteiger partial charge in [-0.3, -0.25) is 9.79 Å². The molecule has 2 fully saturated rings. The standard InChI is InChI=1S/C19H26ClFN4O.HI/c1-22-17(26)10-12-6-8-25(9-7-12)19(23-2)24-16-11-13(16)18-14(20)4-3-5-15(18)21;/h3-5,12-13,16H,6-11H2,1-2H3,(H,22,26)(H,23,24);1H. The third-order valence-electron chi connectivity index (χ3n) is 5.35. The number of nitrogens with one attached hydrogen (secondary N) is 2. The minimum atomic E-state index is -0.239. The molecule has 1 amide bonds. The van der Waals surface area contributed by atoms with E-state index < -0.39 is 0 Å². The molecule has 150 valence electrons. The number of rotatable bonds is 4. The van der Waals surface area contributed by atoms with Gasteiger partial charge in [-0.1, -0.05) is 17.7 Å². The number of hydrogen-bond acceptors (Lipinski definition) is 2. The van der Waals surface area contributed by atoms with E-state index in [4.69, 9.17) is 11.6 Å². The van der Waals surface area contributed by atoms with Crippen LogP contribution in [0.1, 0.15) is 37.2 Å². The first kappa shape index (κ1) is 22.2. The third-order valence-corrected chi connectivity index (χ3v) is 5.68. The lowest BCUT2D eigenvalue weighted by Crippen LogP contribution is -2.47. The molecule has 1 heterocycles. The van der Waals surface area contributed by atoms with Crippen molar-refractivity contribution < 1.29 is 9.18 Å². The molecule has 1 saturated heterocycles. The molecule has 8 heteroatoms. The molecule has 5 nitrogen and oxygen atoms in total. The maximum atomic E-state index is 14.1. The van der Waals surface area contributed by atoms with Crippen LogP contribution in [0.5, 0.6) is 0 Å². The molecule has 2 unspecified atom stereocenters. The van der Waals surface area contributed by atoms with Crippen molar-refractivity contribution >= 4 is 47.4 Å². The van der Waals surface area contributed by atoms with Gasteiger partial charge in [0.1, 0.15) is 5.82 Å². The first-order valence-corrected chi connectivity index (χ1v) is 9.54. The SMILES string of the molecule is CN=C(NC1CC1c1c(F)cccc1Cl)N1CCC(CC(=O)NC)CC1.I. The van der Waals surface area contributed by atoms with E-state index in [1.807, 2.05) is 0 Å². The number of benzene rings is 1. The molecule has 0 spiro atoms. The summed E-state index contributed by atoms with van der Waals surface area (Å²) in [6.45, 7) is 1.75. The maximum absolute atomic E-state index is 14.1. The Bertz CT molecular complexity index is 674. The molecule has 1 saturated carbocycles. The number of aliphatic imine (C=N–C) groups is 1. The second-order valence-electron chi connectivity index (χ2n) is 7.08. The van der Waals surface area contributed by atoms with Gasteiger partial charge in [0.05, 0.1) is 0 Å². The number of carbonyl (C=O) groups is 1. The summed E-state index contributed by atoms with van der Waals surface area (Å²) in [5.74, 6) is 1.23. The largest absolute Gasteiger partial charge is 0.359 e. The zero-order chi connectivity index (χ0) is 18.7. The monoisotopic (exact) mass is 508 g/mol. The van der Waals surface area contributed by atoms with Gasteiger partial charge in [0, 0.05) is 56.2 Å². The Hall–Kier alpha value is -1.09. The van der Waals surface area contributed by atoms with Crippen molar-refractivity contribution in [3.63, 3.8) is 0 Å². The molecule has 1 aromatic rings. The highest BCUT2D eigenvalue weighted by Crippen LogP contribution is 2.45. The lowest BCUT2D eigenvalue weighted by atomic mass is 9.93. The Kier molecular flexibility index (Phi) is 8.15. The Morgan fingerprint density at radius 2 is 2.07 bits per heavy atom. The predicted molar refractivity (Wildman–Crippen MR) is 117 cm³/mol. The average Bonchev–Trinajstić information content (AvgIpc) is 3.39. The third kappa shape index (κ3) is 5.47. The molecule has 1 aliphatic carbocycles. The highest BCUT2D eigenvalue weighted by atomic mass is 127. The van der Waals surface area contributed by atoms with E-state index >= 15 is 0 Å². The Balaban J connectivity index is 0.00000261. The smallest absolute Gasteiger partial charge is 0.220 e. The fourth-order valence-corrected chi connectivity index (χ4v) is 4.02. The second-order valence-corrected chi connectivity index (χ2v) is 7.49. The molecule has 2 atom stereocenters. The summed E-state index contributed by atoms with van der Waals surface area (Å²) in [5, 5.41) is 6.63. The number of amides is 1. The number of likely N-dealkylation sites (tertiary alicyclic amines) is 1. The summed E-state index contributed by atoms with van der Waals surface area (Å²) < 4.78 is 14.1. The van der Waals surface area contributed by atoms with Crippen LogP contribution < -0.4 is 10.6 Å². The molecular formula is C19H27ClFIN4O. The van der Waals surface area contributed by atoms with E-state index in [1.54, 1.807) is 26.2 Å². The van der Waals surface area contributed by atoms with Gasteiger partial charge >= 0.3 is 0 Å². The fraction of sp³-hybridized carbons (Fsp3) is 0.579. The Morgan fingerprint density at radius 3 is 2.67 bits per heavy atom. The van der Waals surface area contributed by atoms with Gasteiger partial charge in [0.25, 0.3) is 0 Å². The predicted octanol–water partition coefficient (Wildman–Crippen LogP) is 3.38. The number of carbonyl (C=O) groups excluding carboxylic acids is 1. The minimum absolute atomic E-state index is 0. The summed E-state index contributed by atoms with van der Waals surface area (Å²) in [7, 11) is 3.45. The summed E-state index contributed by atoms with van der Waals surface area (Å²) >= 11 is 6.18. The molecule has 0 aromatic heterocycles. The number of nitrogens with zero attached hydrogens (tertiary/aromatic N) is 2. The van der Waals surface area contributed by atoms with Crippen molar-refractivity contribution in [1.82, 2.24) is 15.5 Å². The van der Waals surface area contributed by atoms with Gasteiger partial charge in [-0.2, -0.15) is 0 Å². The van der Waals surface area contributed by atoms with Crippen LogP contribution in [0, 0.1) is 11.7 Å². The van der Waals surface area contributed by atoms with Crippen molar-refractivity contribution in [2.45, 2.75) is 37.6 Å². The van der Waals surface area contributed by atoms with Crippen LogP contribution in [0.2, 0.25) is 5.02 Å². The molecule has 1 aromatic carbocycles. The molecule has 0 bridgehead atoms. The van der Waals surface area contributed by atoms with Crippen LogP contribution >= 0.6 is 35.6 Å². The summed E-state index contributed by atoms with van der Waals surface area (Å²) in [6.07, 6.45) is 3.39. The number of halogens is 3. The van der Waals surface area contributed by atoms with Crippen LogP contribution in [0.3, 0.4) is 0 Å². The van der Waals surface area contributed by atoms with E-state index in [2.05, 4.69) is 20.5 Å². The quantitative estimate of drug-likeness (QED) is 0.373. The van der Waals surface area contributed by atoms with Crippen LogP contribution in [0.25, 0.3) is 0 Å². The first-order chi connectivity index (χ1) is 12.5. The van der Waals surface area contributed by atoms with Gasteiger partial charge < -0.3 is 15.5 Å². The second kappa shape index (κ2) is 9.91. The lowest BCUT2D eigenvalue weighted by molar-refractivity contribution is -0.121. The molecule has 2 aliphatic rings. The van der Waals surface area contributed by atoms with E-state index in [0.29, 0.717) is 22.9 Å². The molecule has 1 aliphatic heterocycles. The lowest BCUT2D eigenvalue weighted by Gasteiger charge is -2.34. The van der Waals surface area contributed by atoms with E-state index in [-0.39, 0.29) is 47.7 Å². The van der Waals surface area contributed by atoms with Gasteiger partial charge in [0.2, 0.25) is 5.91 Å². The Morgan fingerprint density at radius 1 is 1.37 bits per heavy atom. The van der Waals surface area contributed by atoms with Crippen molar-refractivity contribution in [2.75, 3.05) is 27.2 Å². The van der Waals surface area contributed by atoms with Crippen LogP contribution in [-0.2, 0) is 4.79 Å². The van der Waals surface area contributed by atoms with Gasteiger partial charge in [0.15, 0.2) is 5.96 Å². The highest BCUT2D eigenvalue weighted by molar-refractivity contribution is 14.0. The topological polar surface area (TPSA) is 56.7 Å². The molecular weight excluding hydrogens is 482 g/mol. The Labute approximate surface area is 182 Å². The summed E-state index contributed by atoms with van der Waals surface area (Å²) in [4.78, 5) is 18.1. The van der Waals surface area contributed by atoms with Gasteiger partial charge in [-0.05, 0) is 37.3 Å². The van der Waals surface area contributed by atoms with E-state index in [1.165, 1.54) is 6.07 Å². The number of piperidine rings is 1. The van der Waals surface area contributed by atoms with Crippen molar-refractivity contribution in [2.24, 2.45) is 10.9 Å². The first-order valence-electron chi connectivity index (χ1n) is 9.16. The molecule has 2 N–H and O–H groups in total. The van der Waals surface area contributed by atoms with Crippen LogP contribution in [0.15, 0.2) is 23.2 Å². The zero-order valence-corrected chi connectivity index (χ0v) is 18.8. The van der Waals surface area contributed by atoms with E-state index in [9.17, 15) is 9.18 Å². The number of guanidine groups is 1. The maximum Gasteiger partial charge on any atom is 0.220 e. The van der Waals surface area contributed by atoms with Crippen LogP contribution in [-0.4, -0.2) is 50.0 Å². The van der Waals surface area contributed by atoms with Crippen molar-refractivity contribution in [3.05, 3.63) is 34.6 Å². The average molecular weight is 509 g/mol. The number of hydrogen-bond donors (Lipinski definition) is 2. The van der Waals surface area contributed by atoms with Crippen molar-refractivity contribution in [3.8, 4) is 0 Å².